The van der Waals surface area contributed by atoms with Crippen LogP contribution in [0.15, 0.2) is 58.8 Å². The molecule has 0 aromatic heterocycles. The molecule has 6 nitrogen and oxygen atoms in total. The lowest BCUT2D eigenvalue weighted by Gasteiger charge is -2.29. The molecule has 1 heterocycles. The van der Waals surface area contributed by atoms with Crippen molar-refractivity contribution in [3.05, 3.63) is 81.1 Å². The van der Waals surface area contributed by atoms with Crippen LogP contribution in [-0.4, -0.2) is 43.8 Å². The number of oxime groups is 2. The molecule has 1 atom stereocenters. The van der Waals surface area contributed by atoms with Crippen molar-refractivity contribution in [3.63, 3.8) is 0 Å². The number of alkyl halides is 4. The maximum atomic E-state index is 14.4. The predicted octanol–water partition coefficient (Wildman–Crippen LogP) is 6.57. The van der Waals surface area contributed by atoms with E-state index in [-0.39, 0.29) is 24.4 Å². The molecule has 0 radical (unpaired) electrons. The topological polar surface area (TPSA) is 72.3 Å². The maximum Gasteiger partial charge on any atom is 0.435 e. The zero-order chi connectivity index (χ0) is 27.5. The molecule has 13 heteroatoms. The fourth-order valence-electron chi connectivity index (χ4n) is 4.00. The van der Waals surface area contributed by atoms with Crippen molar-refractivity contribution in [2.75, 3.05) is 19.8 Å². The van der Waals surface area contributed by atoms with Crippen molar-refractivity contribution in [3.8, 4) is 0 Å². The summed E-state index contributed by atoms with van der Waals surface area (Å²) in [5, 5.41) is 9.57. The molecule has 1 aliphatic heterocycles. The predicted molar refractivity (Wildman–Crippen MR) is 133 cm³/mol. The molecule has 0 spiro atoms. The summed E-state index contributed by atoms with van der Waals surface area (Å²) in [5.41, 5.74) is -2.94. The van der Waals surface area contributed by atoms with Crippen LogP contribution >= 0.6 is 23.2 Å². The molecule has 200 valence electrons. The number of nitrogens with zero attached hydrogens (tertiary/aromatic N) is 2. The van der Waals surface area contributed by atoms with E-state index in [4.69, 9.17) is 28.0 Å². The number of carbonyl (C=O) groups excluding carboxylic acids is 1. The fraction of sp³-hybridized carbons (Fsp3) is 0.240. The van der Waals surface area contributed by atoms with Crippen LogP contribution in [0.25, 0.3) is 10.8 Å². The summed E-state index contributed by atoms with van der Waals surface area (Å²) >= 11 is 11.5. The highest BCUT2D eigenvalue weighted by molar-refractivity contribution is 6.35. The van der Waals surface area contributed by atoms with Gasteiger partial charge in [0.1, 0.15) is 13.3 Å². The molecule has 0 aliphatic carbocycles. The maximum absolute atomic E-state index is 14.4. The lowest BCUT2D eigenvalue weighted by Crippen LogP contribution is -2.42. The molecule has 38 heavy (non-hydrogen) atoms. The van der Waals surface area contributed by atoms with Gasteiger partial charge in [-0.1, -0.05) is 63.8 Å². The van der Waals surface area contributed by atoms with Gasteiger partial charge in [-0.15, -0.1) is 0 Å². The van der Waals surface area contributed by atoms with Crippen LogP contribution in [0.5, 0.6) is 0 Å². The van der Waals surface area contributed by atoms with Crippen LogP contribution in [0.2, 0.25) is 10.0 Å². The SMILES string of the molecule is O=C(NCC=NOCCF)c1ccc(C2=NOC(c3cc(Cl)c(F)c(Cl)c3)(C(F)(F)F)C2)c2ccccc12. The average molecular weight is 574 g/mol. The zero-order valence-corrected chi connectivity index (χ0v) is 20.8. The summed E-state index contributed by atoms with van der Waals surface area (Å²) in [4.78, 5) is 22.4. The van der Waals surface area contributed by atoms with Crippen LogP contribution in [0.1, 0.15) is 27.9 Å². The third-order valence-electron chi connectivity index (χ3n) is 5.79. The molecular weight excluding hydrogens is 556 g/mol. The number of carbonyl (C=O) groups is 1. The first kappa shape index (κ1) is 27.6. The Labute approximate surface area is 223 Å². The van der Waals surface area contributed by atoms with E-state index in [1.807, 2.05) is 0 Å². The molecule has 4 rings (SSSR count). The third-order valence-corrected chi connectivity index (χ3v) is 6.34. The molecular formula is C25H18Cl2F5N3O3. The van der Waals surface area contributed by atoms with Crippen LogP contribution < -0.4 is 5.32 Å². The molecule has 3 aromatic rings. The molecule has 0 saturated heterocycles. The van der Waals surface area contributed by atoms with E-state index >= 15 is 0 Å². The van der Waals surface area contributed by atoms with Gasteiger partial charge in [0, 0.05) is 23.1 Å². The second kappa shape index (κ2) is 11.1. The average Bonchev–Trinajstić information content (AvgIpc) is 3.35. The lowest BCUT2D eigenvalue weighted by molar-refractivity contribution is -0.275. The number of nitrogens with one attached hydrogen (secondary N) is 1. The molecule has 1 unspecified atom stereocenters. The van der Waals surface area contributed by atoms with Crippen LogP contribution in [0, 0.1) is 5.82 Å². The van der Waals surface area contributed by atoms with E-state index in [2.05, 4.69) is 20.5 Å². The summed E-state index contributed by atoms with van der Waals surface area (Å²) in [6.07, 6.45) is -4.47. The van der Waals surface area contributed by atoms with Crippen molar-refractivity contribution >= 4 is 51.8 Å². The van der Waals surface area contributed by atoms with Gasteiger partial charge in [0.05, 0.1) is 28.5 Å². The van der Waals surface area contributed by atoms with Gasteiger partial charge in [0.25, 0.3) is 11.5 Å². The van der Waals surface area contributed by atoms with Crippen molar-refractivity contribution in [2.24, 2.45) is 10.3 Å². The highest BCUT2D eigenvalue weighted by Gasteiger charge is 2.62. The summed E-state index contributed by atoms with van der Waals surface area (Å²) < 4.78 is 69.1. The first-order chi connectivity index (χ1) is 18.1. The quantitative estimate of drug-likeness (QED) is 0.109. The van der Waals surface area contributed by atoms with Gasteiger partial charge < -0.3 is 15.0 Å². The zero-order valence-electron chi connectivity index (χ0n) is 19.3. The largest absolute Gasteiger partial charge is 0.435 e. The van der Waals surface area contributed by atoms with Crippen molar-refractivity contribution < 1.29 is 36.4 Å². The van der Waals surface area contributed by atoms with Gasteiger partial charge in [-0.05, 0) is 29.0 Å². The van der Waals surface area contributed by atoms with Gasteiger partial charge in [-0.3, -0.25) is 4.79 Å². The Morgan fingerprint density at radius 3 is 2.50 bits per heavy atom. The molecule has 0 bridgehead atoms. The molecule has 3 aromatic carbocycles. The van der Waals surface area contributed by atoms with Crippen LogP contribution in [0.3, 0.4) is 0 Å². The second-order valence-corrected chi connectivity index (χ2v) is 8.93. The fourth-order valence-corrected chi connectivity index (χ4v) is 4.48. The van der Waals surface area contributed by atoms with Gasteiger partial charge in [-0.2, -0.15) is 13.2 Å². The Kier molecular flexibility index (Phi) is 8.08. The van der Waals surface area contributed by atoms with Crippen LogP contribution in [0.4, 0.5) is 22.0 Å². The first-order valence-electron chi connectivity index (χ1n) is 11.1. The van der Waals surface area contributed by atoms with E-state index in [0.717, 1.165) is 12.1 Å². The normalized spacial score (nSPS) is 17.5. The Morgan fingerprint density at radius 2 is 1.84 bits per heavy atom. The van der Waals surface area contributed by atoms with E-state index in [0.29, 0.717) is 16.3 Å². The number of hydrogen-bond acceptors (Lipinski definition) is 5. The third kappa shape index (κ3) is 5.25. The van der Waals surface area contributed by atoms with Gasteiger partial charge in [0.15, 0.2) is 5.82 Å². The van der Waals surface area contributed by atoms with Gasteiger partial charge in [-0.25, -0.2) is 8.78 Å². The Hall–Kier alpha value is -3.44. The van der Waals surface area contributed by atoms with Crippen molar-refractivity contribution in [1.29, 1.82) is 0 Å². The number of rotatable bonds is 8. The Morgan fingerprint density at radius 1 is 1.16 bits per heavy atom. The molecule has 1 aliphatic rings. The van der Waals surface area contributed by atoms with E-state index in [9.17, 15) is 26.7 Å². The highest BCUT2D eigenvalue weighted by Crippen LogP contribution is 2.50. The number of fused-ring (bicyclic) bond motifs is 1. The van der Waals surface area contributed by atoms with E-state index in [1.54, 1.807) is 24.3 Å². The van der Waals surface area contributed by atoms with E-state index < -0.39 is 52.2 Å². The highest BCUT2D eigenvalue weighted by atomic mass is 35.5. The second-order valence-electron chi connectivity index (χ2n) is 8.11. The minimum Gasteiger partial charge on any atom is -0.393 e. The molecule has 0 fully saturated rings. The molecule has 0 saturated carbocycles. The number of hydrogen-bond donors (Lipinski definition) is 1. The number of benzene rings is 3. The Balaban J connectivity index is 1.66. The minimum atomic E-state index is -4.96. The summed E-state index contributed by atoms with van der Waals surface area (Å²) in [6, 6.07) is 11.1. The smallest absolute Gasteiger partial charge is 0.393 e. The number of halogens is 7. The summed E-state index contributed by atoms with van der Waals surface area (Å²) in [5.74, 6) is -1.53. The van der Waals surface area contributed by atoms with Gasteiger partial charge in [0.2, 0.25) is 0 Å². The standard InChI is InChI=1S/C25H18Cl2F5N3O3/c26-19-11-14(12-20(27)22(19)29)24(25(30,31)32)13-21(35-38-24)17-5-6-18(16-4-2-1-3-15(16)17)23(36)33-8-9-34-37-10-7-28/h1-6,9,11-12H,7-8,10,13H2,(H,33,36). The van der Waals surface area contributed by atoms with Crippen LogP contribution in [-0.2, 0) is 15.3 Å². The minimum absolute atomic E-state index is 0.00135. The number of amides is 1. The summed E-state index contributed by atoms with van der Waals surface area (Å²) in [6.45, 7) is -0.909. The lowest BCUT2D eigenvalue weighted by atomic mass is 9.85. The van der Waals surface area contributed by atoms with Gasteiger partial charge >= 0.3 is 6.18 Å². The van der Waals surface area contributed by atoms with Crippen molar-refractivity contribution in [1.82, 2.24) is 5.32 Å². The summed E-state index contributed by atoms with van der Waals surface area (Å²) in [7, 11) is 0. The molecule has 1 amide bonds. The van der Waals surface area contributed by atoms with E-state index in [1.165, 1.54) is 18.3 Å². The van der Waals surface area contributed by atoms with Crippen molar-refractivity contribution in [2.45, 2.75) is 18.2 Å². The monoisotopic (exact) mass is 573 g/mol. The Bertz CT molecular complexity index is 1410. The first-order valence-corrected chi connectivity index (χ1v) is 11.8. The molecule has 1 N–H and O–H groups in total.